The van der Waals surface area contributed by atoms with E-state index in [-0.39, 0.29) is 17.9 Å². The third kappa shape index (κ3) is 5.16. The molecule has 1 saturated carbocycles. The van der Waals surface area contributed by atoms with Gasteiger partial charge in [-0.25, -0.2) is 4.98 Å². The van der Waals surface area contributed by atoms with Crippen LogP contribution < -0.4 is 10.1 Å². The van der Waals surface area contributed by atoms with Crippen LogP contribution in [0.4, 0.5) is 13.2 Å². The fourth-order valence-corrected chi connectivity index (χ4v) is 4.98. The molecule has 8 heteroatoms. The number of halogens is 3. The highest BCUT2D eigenvalue weighted by Gasteiger charge is 2.32. The van der Waals surface area contributed by atoms with E-state index in [4.69, 9.17) is 4.74 Å². The number of carbonyl (C=O) groups excluding carboxylic acids is 1. The molecule has 4 rings (SSSR count). The third-order valence-electron chi connectivity index (χ3n) is 6.85. The lowest BCUT2D eigenvalue weighted by molar-refractivity contribution is -0.137. The van der Waals surface area contributed by atoms with Gasteiger partial charge >= 0.3 is 6.18 Å². The number of nitrogens with zero attached hydrogens (tertiary/aromatic N) is 2. The summed E-state index contributed by atoms with van der Waals surface area (Å²) in [6, 6.07) is 9.15. The predicted octanol–water partition coefficient (Wildman–Crippen LogP) is 6.14. The first kappa shape index (κ1) is 24.0. The fourth-order valence-electron chi connectivity index (χ4n) is 4.98. The first-order chi connectivity index (χ1) is 16.3. The zero-order valence-electron chi connectivity index (χ0n) is 19.2. The number of rotatable bonds is 6. The highest BCUT2D eigenvalue weighted by molar-refractivity contribution is 5.94. The second-order valence-corrected chi connectivity index (χ2v) is 8.82. The van der Waals surface area contributed by atoms with Crippen molar-refractivity contribution in [2.45, 2.75) is 57.2 Å². The maximum absolute atomic E-state index is 13.1. The molecular formula is C26H28F3N3O2. The van der Waals surface area contributed by atoms with E-state index in [2.05, 4.69) is 22.2 Å². The molecule has 1 aliphatic rings. The number of amides is 1. The summed E-state index contributed by atoms with van der Waals surface area (Å²) in [5, 5.41) is 3.94. The van der Waals surface area contributed by atoms with Gasteiger partial charge in [-0.15, -0.1) is 0 Å². The molecule has 1 atom stereocenters. The van der Waals surface area contributed by atoms with Crippen molar-refractivity contribution in [1.82, 2.24) is 15.3 Å². The van der Waals surface area contributed by atoms with Crippen LogP contribution >= 0.6 is 0 Å². The normalized spacial score (nSPS) is 19.6. The van der Waals surface area contributed by atoms with Crippen molar-refractivity contribution in [2.24, 2.45) is 5.92 Å². The predicted molar refractivity (Wildman–Crippen MR) is 124 cm³/mol. The van der Waals surface area contributed by atoms with Gasteiger partial charge in [0.05, 0.1) is 23.8 Å². The number of methoxy groups -OCH3 is 1. The first-order valence-electron chi connectivity index (χ1n) is 11.6. The largest absolute Gasteiger partial charge is 0.481 e. The summed E-state index contributed by atoms with van der Waals surface area (Å²) in [4.78, 5) is 21.0. The smallest absolute Gasteiger partial charge is 0.416 e. The molecule has 1 aromatic carbocycles. The Kier molecular flexibility index (Phi) is 7.05. The summed E-state index contributed by atoms with van der Waals surface area (Å²) in [7, 11) is 1.53. The Bertz CT molecular complexity index is 1140. The molecule has 1 amide bonds. The van der Waals surface area contributed by atoms with Gasteiger partial charge in [-0.3, -0.25) is 9.78 Å². The minimum absolute atomic E-state index is 0.0547. The molecule has 2 aromatic heterocycles. The van der Waals surface area contributed by atoms with E-state index >= 15 is 0 Å². The molecule has 1 aliphatic carbocycles. The van der Waals surface area contributed by atoms with Crippen LogP contribution in [0.25, 0.3) is 10.9 Å². The molecular weight excluding hydrogens is 443 g/mol. The number of aromatic nitrogens is 2. The molecule has 34 heavy (non-hydrogen) atoms. The molecule has 0 saturated heterocycles. The zero-order valence-corrected chi connectivity index (χ0v) is 19.2. The van der Waals surface area contributed by atoms with E-state index < -0.39 is 11.7 Å². The van der Waals surface area contributed by atoms with Crippen LogP contribution in [0.1, 0.15) is 66.4 Å². The Morgan fingerprint density at radius 1 is 1.12 bits per heavy atom. The average Bonchev–Trinajstić information content (AvgIpc) is 2.86. The molecule has 1 N–H and O–H groups in total. The van der Waals surface area contributed by atoms with Gasteiger partial charge in [-0.05, 0) is 73.8 Å². The number of hydrogen-bond acceptors (Lipinski definition) is 4. The van der Waals surface area contributed by atoms with Gasteiger partial charge in [-0.2, -0.15) is 13.2 Å². The van der Waals surface area contributed by atoms with Crippen molar-refractivity contribution < 1.29 is 22.7 Å². The summed E-state index contributed by atoms with van der Waals surface area (Å²) in [6.45, 7) is 2.07. The molecule has 2 heterocycles. The monoisotopic (exact) mass is 471 g/mol. The molecule has 5 nitrogen and oxygen atoms in total. The Hall–Kier alpha value is -3.16. The van der Waals surface area contributed by atoms with Crippen LogP contribution in [0.2, 0.25) is 0 Å². The van der Waals surface area contributed by atoms with E-state index in [0.717, 1.165) is 55.2 Å². The molecule has 1 fully saturated rings. The summed E-state index contributed by atoms with van der Waals surface area (Å²) in [6.07, 6.45) is 3.26. The van der Waals surface area contributed by atoms with Crippen LogP contribution in [-0.4, -0.2) is 29.0 Å². The van der Waals surface area contributed by atoms with Gasteiger partial charge in [0.1, 0.15) is 0 Å². The molecule has 180 valence electrons. The second-order valence-electron chi connectivity index (χ2n) is 8.82. The van der Waals surface area contributed by atoms with E-state index in [9.17, 15) is 18.0 Å². The lowest BCUT2D eigenvalue weighted by Gasteiger charge is -2.34. The molecule has 0 unspecified atom stereocenters. The van der Waals surface area contributed by atoms with Gasteiger partial charge in [0.15, 0.2) is 0 Å². The van der Waals surface area contributed by atoms with Crippen molar-refractivity contribution in [3.05, 3.63) is 65.5 Å². The zero-order chi connectivity index (χ0) is 24.3. The number of alkyl halides is 3. The topological polar surface area (TPSA) is 64.1 Å². The average molecular weight is 472 g/mol. The Morgan fingerprint density at radius 2 is 1.88 bits per heavy atom. The van der Waals surface area contributed by atoms with Crippen LogP contribution in [0.15, 0.2) is 48.8 Å². The van der Waals surface area contributed by atoms with E-state index in [1.165, 1.54) is 13.3 Å². The number of nitrogens with one attached hydrogen (secondary N) is 1. The van der Waals surface area contributed by atoms with Crippen LogP contribution in [-0.2, 0) is 6.18 Å². The van der Waals surface area contributed by atoms with Gasteiger partial charge < -0.3 is 10.1 Å². The van der Waals surface area contributed by atoms with Crippen LogP contribution in [0.5, 0.6) is 5.88 Å². The Morgan fingerprint density at radius 3 is 2.50 bits per heavy atom. The SMILES string of the molecule is CC[C@@H](NC(=O)c1ccc(OC)nc1)[C@H]1CC[C@@H](c2ccnc3cc(C(F)(F)F)ccc32)CC1. The number of pyridine rings is 2. The van der Waals surface area contributed by atoms with Crippen molar-refractivity contribution >= 4 is 16.8 Å². The maximum atomic E-state index is 13.1. The molecule has 0 spiro atoms. The van der Waals surface area contributed by atoms with Crippen LogP contribution in [0.3, 0.4) is 0 Å². The van der Waals surface area contributed by atoms with Crippen molar-refractivity contribution in [3.8, 4) is 5.88 Å². The minimum atomic E-state index is -4.38. The minimum Gasteiger partial charge on any atom is -0.481 e. The van der Waals surface area contributed by atoms with Gasteiger partial charge in [-0.1, -0.05) is 13.0 Å². The second kappa shape index (κ2) is 9.99. The molecule has 3 aromatic rings. The Balaban J connectivity index is 1.42. The molecule has 0 bridgehead atoms. The number of benzene rings is 1. The lowest BCUT2D eigenvalue weighted by atomic mass is 9.75. The molecule has 0 aliphatic heterocycles. The van der Waals surface area contributed by atoms with Gasteiger partial charge in [0, 0.05) is 29.9 Å². The van der Waals surface area contributed by atoms with Crippen molar-refractivity contribution in [2.75, 3.05) is 7.11 Å². The summed E-state index contributed by atoms with van der Waals surface area (Å²) in [5.74, 6) is 0.920. The molecule has 0 radical (unpaired) electrons. The van der Waals surface area contributed by atoms with E-state index in [0.29, 0.717) is 22.9 Å². The van der Waals surface area contributed by atoms with Crippen LogP contribution in [0, 0.1) is 5.92 Å². The van der Waals surface area contributed by atoms with E-state index in [1.54, 1.807) is 24.4 Å². The summed E-state index contributed by atoms with van der Waals surface area (Å²) >= 11 is 0. The third-order valence-corrected chi connectivity index (χ3v) is 6.85. The number of hydrogen-bond donors (Lipinski definition) is 1. The van der Waals surface area contributed by atoms with Gasteiger partial charge in [0.2, 0.25) is 5.88 Å². The van der Waals surface area contributed by atoms with Crippen molar-refractivity contribution in [1.29, 1.82) is 0 Å². The highest BCUT2D eigenvalue weighted by Crippen LogP contribution is 2.40. The number of carbonyl (C=O) groups is 1. The fraction of sp³-hybridized carbons (Fsp3) is 0.423. The van der Waals surface area contributed by atoms with Crippen molar-refractivity contribution in [3.63, 3.8) is 0 Å². The summed E-state index contributed by atoms with van der Waals surface area (Å²) < 4.78 is 44.3. The van der Waals surface area contributed by atoms with E-state index in [1.807, 2.05) is 6.07 Å². The van der Waals surface area contributed by atoms with Gasteiger partial charge in [0.25, 0.3) is 5.91 Å². The standard InChI is InChI=1S/C26H28F3N3O2/c1-3-22(32-25(33)18-8-11-24(34-2)31-15-18)17-6-4-16(5-7-17)20-12-13-30-23-14-19(26(27,28)29)9-10-21(20)23/h8-17,22H,3-7H2,1-2H3,(H,32,33)/t16-,17+,22-/m1/s1. The lowest BCUT2D eigenvalue weighted by Crippen LogP contribution is -2.41. The quantitative estimate of drug-likeness (QED) is 0.469. The summed E-state index contributed by atoms with van der Waals surface area (Å²) in [5.41, 5.74) is 1.25. The maximum Gasteiger partial charge on any atom is 0.416 e. The number of ether oxygens (including phenoxy) is 1. The Labute approximate surface area is 196 Å². The highest BCUT2D eigenvalue weighted by atomic mass is 19.4. The first-order valence-corrected chi connectivity index (χ1v) is 11.6. The number of fused-ring (bicyclic) bond motifs is 1.